The van der Waals surface area contributed by atoms with Gasteiger partial charge >= 0.3 is 6.09 Å². The molecule has 3 fully saturated rings. The molecule has 1 aromatic rings. The molecular formula is C39H58N6O8. The number of hydrogen-bond donors (Lipinski definition) is 4. The molecule has 8 atom stereocenters. The van der Waals surface area contributed by atoms with Crippen LogP contribution in [0.4, 0.5) is 4.79 Å². The number of alkyl carbamates (subject to hydrolysis) is 1. The van der Waals surface area contributed by atoms with Crippen LogP contribution in [0.25, 0.3) is 0 Å². The highest BCUT2D eigenvalue weighted by atomic mass is 16.5. The van der Waals surface area contributed by atoms with Crippen LogP contribution < -0.4 is 21.3 Å². The van der Waals surface area contributed by atoms with Gasteiger partial charge in [0.1, 0.15) is 18.1 Å². The van der Waals surface area contributed by atoms with E-state index in [4.69, 9.17) is 4.74 Å². The molecule has 5 unspecified atom stereocenters. The minimum atomic E-state index is -1.19. The summed E-state index contributed by atoms with van der Waals surface area (Å²) < 4.78 is 5.34. The first-order valence-corrected chi connectivity index (χ1v) is 18.9. The first-order chi connectivity index (χ1) is 24.9. The largest absolute Gasteiger partial charge is 0.449 e. The van der Waals surface area contributed by atoms with Gasteiger partial charge in [0.25, 0.3) is 5.91 Å². The minimum Gasteiger partial charge on any atom is -0.449 e. The first-order valence-electron chi connectivity index (χ1n) is 18.9. The van der Waals surface area contributed by atoms with E-state index in [0.717, 1.165) is 19.3 Å². The van der Waals surface area contributed by atoms with E-state index in [0.29, 0.717) is 24.4 Å². The van der Waals surface area contributed by atoms with Gasteiger partial charge in [0.05, 0.1) is 19.2 Å². The SMILES string of the molecule is CCC[C@H](NC(=O)[C@@H]1C2C3CCC(C3)C2CN1C(=O)[C@@H](NC(=O)OCC(C)C)C(C)(C)C)C(=O)C(=O)NCC(=O)NC(C(=O)N(C)C)c1ccccc1. The van der Waals surface area contributed by atoms with E-state index in [1.54, 1.807) is 49.3 Å². The lowest BCUT2D eigenvalue weighted by Crippen LogP contribution is -2.60. The summed E-state index contributed by atoms with van der Waals surface area (Å²) in [6.07, 6.45) is 2.88. The molecule has 1 aromatic carbocycles. The molecule has 3 aliphatic rings. The van der Waals surface area contributed by atoms with E-state index in [-0.39, 0.29) is 42.6 Å². The zero-order chi connectivity index (χ0) is 39.2. The third-order valence-corrected chi connectivity index (χ3v) is 10.7. The number of likely N-dealkylation sites (tertiary alicyclic amines) is 1. The number of fused-ring (bicyclic) bond motifs is 5. The number of Topliss-reactive ketones (excluding diaryl/α,β-unsaturated/α-hetero) is 1. The number of nitrogens with one attached hydrogen (secondary N) is 4. The molecule has 4 N–H and O–H groups in total. The van der Waals surface area contributed by atoms with Crippen molar-refractivity contribution in [3.05, 3.63) is 35.9 Å². The van der Waals surface area contributed by atoms with Gasteiger partial charge in [0, 0.05) is 20.6 Å². The van der Waals surface area contributed by atoms with Crippen molar-refractivity contribution in [2.24, 2.45) is 35.0 Å². The monoisotopic (exact) mass is 738 g/mol. The van der Waals surface area contributed by atoms with Crippen LogP contribution in [0.15, 0.2) is 30.3 Å². The number of nitrogens with zero attached hydrogens (tertiary/aromatic N) is 2. The molecule has 1 aliphatic heterocycles. The number of ether oxygens (including phenoxy) is 1. The fourth-order valence-corrected chi connectivity index (χ4v) is 8.15. The molecule has 0 spiro atoms. The number of amides is 6. The average Bonchev–Trinajstić information content (AvgIpc) is 3.83. The van der Waals surface area contributed by atoms with E-state index < -0.39 is 71.6 Å². The maximum atomic E-state index is 14.4. The van der Waals surface area contributed by atoms with E-state index in [1.807, 2.05) is 41.5 Å². The van der Waals surface area contributed by atoms with Gasteiger partial charge in [-0.05, 0) is 66.3 Å². The van der Waals surface area contributed by atoms with Crippen LogP contribution in [0.1, 0.15) is 85.3 Å². The van der Waals surface area contributed by atoms with Gasteiger partial charge in [-0.3, -0.25) is 28.8 Å². The second kappa shape index (κ2) is 17.6. The molecular weight excluding hydrogens is 680 g/mol. The first kappa shape index (κ1) is 41.3. The summed E-state index contributed by atoms with van der Waals surface area (Å²) in [5.41, 5.74) is -0.155. The van der Waals surface area contributed by atoms with Gasteiger partial charge in [-0.2, -0.15) is 0 Å². The van der Waals surface area contributed by atoms with Gasteiger partial charge in [-0.25, -0.2) is 4.79 Å². The molecule has 4 rings (SSSR count). The highest BCUT2D eigenvalue weighted by molar-refractivity contribution is 6.38. The van der Waals surface area contributed by atoms with Crippen molar-refractivity contribution in [2.45, 2.75) is 97.8 Å². The lowest BCUT2D eigenvalue weighted by Gasteiger charge is -2.37. The van der Waals surface area contributed by atoms with E-state index in [1.165, 1.54) is 4.90 Å². The molecule has 0 aromatic heterocycles. The summed E-state index contributed by atoms with van der Waals surface area (Å²) >= 11 is 0. The summed E-state index contributed by atoms with van der Waals surface area (Å²) in [5.74, 6) is -3.18. The summed E-state index contributed by atoms with van der Waals surface area (Å²) in [6.45, 7) is 11.1. The number of hydrogen-bond acceptors (Lipinski definition) is 8. The number of ketones is 1. The fraction of sp³-hybridized carbons (Fsp3) is 0.667. The number of carbonyl (C=O) groups is 7. The van der Waals surface area contributed by atoms with Crippen molar-refractivity contribution < 1.29 is 38.3 Å². The van der Waals surface area contributed by atoms with Crippen molar-refractivity contribution in [3.8, 4) is 0 Å². The molecule has 1 saturated heterocycles. The Morgan fingerprint density at radius 3 is 2.21 bits per heavy atom. The Labute approximate surface area is 312 Å². The predicted octanol–water partition coefficient (Wildman–Crippen LogP) is 2.57. The van der Waals surface area contributed by atoms with Gasteiger partial charge in [-0.1, -0.05) is 78.3 Å². The topological polar surface area (TPSA) is 183 Å². The zero-order valence-corrected chi connectivity index (χ0v) is 32.4. The Morgan fingerprint density at radius 2 is 1.60 bits per heavy atom. The average molecular weight is 739 g/mol. The molecule has 1 heterocycles. The molecule has 0 radical (unpaired) electrons. The van der Waals surface area contributed by atoms with Gasteiger partial charge in [0.15, 0.2) is 0 Å². The maximum Gasteiger partial charge on any atom is 0.407 e. The molecule has 14 heteroatoms. The summed E-state index contributed by atoms with van der Waals surface area (Å²) in [5, 5.41) is 10.5. The normalized spacial score (nSPS) is 23.3. The lowest BCUT2D eigenvalue weighted by atomic mass is 9.78. The number of rotatable bonds is 15. The molecule has 14 nitrogen and oxygen atoms in total. The maximum absolute atomic E-state index is 14.4. The summed E-state index contributed by atoms with van der Waals surface area (Å²) in [4.78, 5) is 96.8. The number of benzene rings is 1. The van der Waals surface area contributed by atoms with Crippen molar-refractivity contribution in [2.75, 3.05) is 33.8 Å². The Kier molecular flexibility index (Phi) is 13.7. The molecule has 2 aliphatic carbocycles. The van der Waals surface area contributed by atoms with Crippen molar-refractivity contribution in [1.29, 1.82) is 0 Å². The highest BCUT2D eigenvalue weighted by Crippen LogP contribution is 2.57. The second-order valence-corrected chi connectivity index (χ2v) is 16.5. The third kappa shape index (κ3) is 9.94. The van der Waals surface area contributed by atoms with Gasteiger partial charge in [-0.15, -0.1) is 0 Å². The number of likely N-dealkylation sites (N-methyl/N-ethyl adjacent to an activating group) is 1. The van der Waals surface area contributed by atoms with Crippen molar-refractivity contribution in [1.82, 2.24) is 31.1 Å². The van der Waals surface area contributed by atoms with Crippen LogP contribution in [-0.2, 0) is 33.5 Å². The van der Waals surface area contributed by atoms with Crippen LogP contribution in [0, 0.1) is 35.0 Å². The Bertz CT molecular complexity index is 1530. The molecule has 292 valence electrons. The minimum absolute atomic E-state index is 0.106. The van der Waals surface area contributed by atoms with Crippen molar-refractivity contribution >= 4 is 41.4 Å². The molecule has 53 heavy (non-hydrogen) atoms. The molecule has 2 bridgehead atoms. The van der Waals surface area contributed by atoms with E-state index in [9.17, 15) is 33.6 Å². The lowest BCUT2D eigenvalue weighted by molar-refractivity contribution is -0.145. The van der Waals surface area contributed by atoms with Crippen LogP contribution in [-0.4, -0.2) is 103 Å². The Hall–Kier alpha value is -4.49. The van der Waals surface area contributed by atoms with Gasteiger partial charge in [0.2, 0.25) is 29.4 Å². The van der Waals surface area contributed by atoms with Crippen LogP contribution in [0.2, 0.25) is 0 Å². The standard InChI is InChI=1S/C39H58N6O8/c1-9-13-27(32(47)35(49)40-19-28(46)42-30(36(50)44(7)8)23-14-11-10-12-15-23)41-34(48)31-29-25-17-16-24(18-25)26(29)20-45(31)37(51)33(39(4,5)6)43-38(52)53-21-22(2)3/h10-12,14-15,22,24-27,29-31,33H,9,13,16-21H2,1-8H3,(H,40,49)(H,41,48)(H,42,46)(H,43,52)/t24?,25?,26?,27-,29?,30?,31-,33+/m0/s1. The van der Waals surface area contributed by atoms with E-state index >= 15 is 0 Å². The van der Waals surface area contributed by atoms with Crippen LogP contribution in [0.3, 0.4) is 0 Å². The number of carbonyl (C=O) groups excluding carboxylic acids is 7. The predicted molar refractivity (Wildman–Crippen MR) is 197 cm³/mol. The molecule has 6 amide bonds. The second-order valence-electron chi connectivity index (χ2n) is 16.5. The van der Waals surface area contributed by atoms with Crippen molar-refractivity contribution in [3.63, 3.8) is 0 Å². The Balaban J connectivity index is 1.47. The summed E-state index contributed by atoms with van der Waals surface area (Å²) in [6, 6.07) is 4.61. The zero-order valence-electron chi connectivity index (χ0n) is 32.4. The quantitative estimate of drug-likeness (QED) is 0.198. The van der Waals surface area contributed by atoms with E-state index in [2.05, 4.69) is 21.3 Å². The Morgan fingerprint density at radius 1 is 0.943 bits per heavy atom. The smallest absolute Gasteiger partial charge is 0.407 e. The third-order valence-electron chi connectivity index (χ3n) is 10.7. The van der Waals surface area contributed by atoms with Crippen LogP contribution in [0.5, 0.6) is 0 Å². The summed E-state index contributed by atoms with van der Waals surface area (Å²) in [7, 11) is 3.13. The molecule has 2 saturated carbocycles. The highest BCUT2D eigenvalue weighted by Gasteiger charge is 2.60. The van der Waals surface area contributed by atoms with Crippen LogP contribution >= 0.6 is 0 Å². The van der Waals surface area contributed by atoms with Gasteiger partial charge < -0.3 is 35.8 Å². The fourth-order valence-electron chi connectivity index (χ4n) is 8.15.